The highest BCUT2D eigenvalue weighted by molar-refractivity contribution is 5.74. The molecule has 0 spiro atoms. The number of aryl methyl sites for hydroxylation is 2. The van der Waals surface area contributed by atoms with Crippen LogP contribution in [0.5, 0.6) is 0 Å². The molecule has 0 aliphatic carbocycles. The maximum Gasteiger partial charge on any atom is 0.243 e. The van der Waals surface area contributed by atoms with Gasteiger partial charge in [-0.1, -0.05) is 12.1 Å². The molecule has 1 amide bonds. The molecule has 0 radical (unpaired) electrons. The lowest BCUT2D eigenvalue weighted by Gasteiger charge is -2.03. The molecule has 0 aromatic heterocycles. The van der Waals surface area contributed by atoms with Gasteiger partial charge in [0.15, 0.2) is 0 Å². The third-order valence-electron chi connectivity index (χ3n) is 2.22. The Balaban J connectivity index is 2.44. The molecule has 0 heterocycles. The maximum atomic E-state index is 12.9. The quantitative estimate of drug-likeness (QED) is 0.590. The number of benzene rings is 1. The first-order valence-electron chi connectivity index (χ1n) is 4.81. The van der Waals surface area contributed by atoms with Crippen molar-refractivity contribution in [1.29, 1.82) is 0 Å². The van der Waals surface area contributed by atoms with E-state index in [9.17, 15) is 9.18 Å². The first kappa shape index (κ1) is 11.7. The molecule has 2 N–H and O–H groups in total. The molecule has 4 heteroatoms. The molecule has 1 aromatic carbocycles. The van der Waals surface area contributed by atoms with Gasteiger partial charge in [0, 0.05) is 6.42 Å². The van der Waals surface area contributed by atoms with Crippen LogP contribution in [-0.4, -0.2) is 11.1 Å². The Morgan fingerprint density at radius 2 is 2.27 bits per heavy atom. The second-order valence-electron chi connectivity index (χ2n) is 3.47. The molecule has 1 rings (SSSR count). The monoisotopic (exact) mass is 211 g/mol. The van der Waals surface area contributed by atoms with E-state index in [1.807, 2.05) is 0 Å². The Morgan fingerprint density at radius 1 is 1.53 bits per heavy atom. The van der Waals surface area contributed by atoms with E-state index in [-0.39, 0.29) is 12.2 Å². The first-order chi connectivity index (χ1) is 7.13. The summed E-state index contributed by atoms with van der Waals surface area (Å²) in [5.41, 5.74) is 3.18. The highest BCUT2D eigenvalue weighted by Gasteiger charge is 2.01. The van der Waals surface area contributed by atoms with Gasteiger partial charge in [-0.15, -0.1) is 0 Å². The van der Waals surface area contributed by atoms with E-state index in [2.05, 4.69) is 0 Å². The minimum Gasteiger partial charge on any atom is -0.289 e. The van der Waals surface area contributed by atoms with Gasteiger partial charge in [0.2, 0.25) is 5.91 Å². The summed E-state index contributed by atoms with van der Waals surface area (Å²) in [7, 11) is 0. The molecule has 0 fully saturated rings. The molecule has 0 unspecified atom stereocenters. The van der Waals surface area contributed by atoms with Crippen molar-refractivity contribution in [3.8, 4) is 0 Å². The number of carbonyl (C=O) groups is 1. The fraction of sp³-hybridized carbons (Fsp3) is 0.364. The van der Waals surface area contributed by atoms with E-state index in [4.69, 9.17) is 5.21 Å². The molecule has 82 valence electrons. The summed E-state index contributed by atoms with van der Waals surface area (Å²) in [5, 5.41) is 8.26. The predicted molar refractivity (Wildman–Crippen MR) is 54.0 cm³/mol. The molecule has 0 aliphatic rings. The summed E-state index contributed by atoms with van der Waals surface area (Å²) in [5.74, 6) is -0.610. The molecule has 0 aliphatic heterocycles. The summed E-state index contributed by atoms with van der Waals surface area (Å²) in [6, 6.07) is 4.90. The third kappa shape index (κ3) is 3.67. The number of hydrogen-bond acceptors (Lipinski definition) is 2. The summed E-state index contributed by atoms with van der Waals surface area (Å²) >= 11 is 0. The topological polar surface area (TPSA) is 49.3 Å². The molecule has 0 saturated carbocycles. The van der Waals surface area contributed by atoms with Crippen LogP contribution in [0.1, 0.15) is 24.0 Å². The average Bonchev–Trinajstić information content (AvgIpc) is 2.23. The van der Waals surface area contributed by atoms with E-state index < -0.39 is 5.91 Å². The fourth-order valence-electron chi connectivity index (χ4n) is 1.37. The van der Waals surface area contributed by atoms with Crippen LogP contribution in [0.4, 0.5) is 4.39 Å². The van der Waals surface area contributed by atoms with Gasteiger partial charge in [0.1, 0.15) is 5.82 Å². The molecular formula is C11H14FNO2. The van der Waals surface area contributed by atoms with E-state index >= 15 is 0 Å². The lowest BCUT2D eigenvalue weighted by Crippen LogP contribution is -2.18. The first-order valence-corrected chi connectivity index (χ1v) is 4.81. The second kappa shape index (κ2) is 5.46. The molecule has 1 aromatic rings. The Bertz CT molecular complexity index is 352. The van der Waals surface area contributed by atoms with Crippen molar-refractivity contribution in [3.63, 3.8) is 0 Å². The molecule has 15 heavy (non-hydrogen) atoms. The van der Waals surface area contributed by atoms with Gasteiger partial charge in [-0.3, -0.25) is 10.0 Å². The Hall–Kier alpha value is -1.42. The summed E-state index contributed by atoms with van der Waals surface area (Å²) in [4.78, 5) is 10.7. The predicted octanol–water partition coefficient (Wildman–Crippen LogP) is 1.96. The lowest BCUT2D eigenvalue weighted by atomic mass is 10.1. The van der Waals surface area contributed by atoms with Gasteiger partial charge in [0.25, 0.3) is 0 Å². The fourth-order valence-corrected chi connectivity index (χ4v) is 1.37. The highest BCUT2D eigenvalue weighted by atomic mass is 19.1. The number of halogens is 1. The Kier molecular flexibility index (Phi) is 4.24. The summed E-state index contributed by atoms with van der Waals surface area (Å²) in [6.45, 7) is 1.71. The zero-order valence-corrected chi connectivity index (χ0v) is 8.59. The van der Waals surface area contributed by atoms with E-state index in [0.717, 1.165) is 5.56 Å². The van der Waals surface area contributed by atoms with Crippen LogP contribution in [0.2, 0.25) is 0 Å². The zero-order valence-electron chi connectivity index (χ0n) is 8.59. The van der Waals surface area contributed by atoms with E-state index in [1.54, 1.807) is 24.5 Å². The number of carbonyl (C=O) groups excluding carboxylic acids is 1. The number of hydrogen-bond donors (Lipinski definition) is 2. The summed E-state index contributed by atoms with van der Waals surface area (Å²) < 4.78 is 12.9. The van der Waals surface area contributed by atoms with Gasteiger partial charge in [-0.25, -0.2) is 9.87 Å². The SMILES string of the molecule is Cc1cc(CCCC(=O)NO)ccc1F. The summed E-state index contributed by atoms with van der Waals surface area (Å²) in [6.07, 6.45) is 1.61. The van der Waals surface area contributed by atoms with Gasteiger partial charge in [-0.05, 0) is 37.0 Å². The van der Waals surface area contributed by atoms with Crippen LogP contribution >= 0.6 is 0 Å². The lowest BCUT2D eigenvalue weighted by molar-refractivity contribution is -0.129. The average molecular weight is 211 g/mol. The second-order valence-corrected chi connectivity index (χ2v) is 3.47. The Labute approximate surface area is 87.9 Å². The molecule has 3 nitrogen and oxygen atoms in total. The van der Waals surface area contributed by atoms with Crippen molar-refractivity contribution in [3.05, 3.63) is 35.1 Å². The smallest absolute Gasteiger partial charge is 0.243 e. The van der Waals surface area contributed by atoms with Crippen LogP contribution in [0.25, 0.3) is 0 Å². The minimum absolute atomic E-state index is 0.216. The van der Waals surface area contributed by atoms with Crippen molar-refractivity contribution in [1.82, 2.24) is 5.48 Å². The third-order valence-corrected chi connectivity index (χ3v) is 2.22. The van der Waals surface area contributed by atoms with Crippen molar-refractivity contribution in [2.75, 3.05) is 0 Å². The maximum absolute atomic E-state index is 12.9. The van der Waals surface area contributed by atoms with Crippen LogP contribution in [-0.2, 0) is 11.2 Å². The van der Waals surface area contributed by atoms with Gasteiger partial charge >= 0.3 is 0 Å². The number of rotatable bonds is 4. The number of nitrogens with one attached hydrogen (secondary N) is 1. The minimum atomic E-state index is -0.395. The normalized spacial score (nSPS) is 10.1. The van der Waals surface area contributed by atoms with Crippen LogP contribution in [0.15, 0.2) is 18.2 Å². The van der Waals surface area contributed by atoms with E-state index in [1.165, 1.54) is 6.07 Å². The number of amides is 1. The van der Waals surface area contributed by atoms with Crippen molar-refractivity contribution in [2.45, 2.75) is 26.2 Å². The van der Waals surface area contributed by atoms with Gasteiger partial charge in [-0.2, -0.15) is 0 Å². The standard InChI is InChI=1S/C11H14FNO2/c1-8-7-9(5-6-10(8)12)3-2-4-11(14)13-15/h5-7,15H,2-4H2,1H3,(H,13,14). The van der Waals surface area contributed by atoms with Crippen molar-refractivity contribution < 1.29 is 14.4 Å². The highest BCUT2D eigenvalue weighted by Crippen LogP contribution is 2.11. The number of hydroxylamine groups is 1. The van der Waals surface area contributed by atoms with Gasteiger partial charge in [0.05, 0.1) is 0 Å². The molecule has 0 saturated heterocycles. The van der Waals surface area contributed by atoms with Crippen LogP contribution in [0.3, 0.4) is 0 Å². The van der Waals surface area contributed by atoms with Gasteiger partial charge < -0.3 is 0 Å². The van der Waals surface area contributed by atoms with E-state index in [0.29, 0.717) is 18.4 Å². The Morgan fingerprint density at radius 3 is 2.87 bits per heavy atom. The molecular weight excluding hydrogens is 197 g/mol. The van der Waals surface area contributed by atoms with Crippen LogP contribution < -0.4 is 5.48 Å². The van der Waals surface area contributed by atoms with Crippen molar-refractivity contribution in [2.24, 2.45) is 0 Å². The molecule has 0 atom stereocenters. The largest absolute Gasteiger partial charge is 0.289 e. The van der Waals surface area contributed by atoms with Crippen molar-refractivity contribution >= 4 is 5.91 Å². The molecule has 0 bridgehead atoms. The zero-order chi connectivity index (χ0) is 11.3. The van der Waals surface area contributed by atoms with Crippen LogP contribution in [0, 0.1) is 12.7 Å².